The number of nitrogens with zero attached hydrogens (tertiary/aromatic N) is 3. The molecule has 1 saturated carbocycles. The van der Waals surface area contributed by atoms with Crippen molar-refractivity contribution in [3.8, 4) is 5.69 Å². The minimum absolute atomic E-state index is 0.119. The normalized spacial score (nSPS) is 19.4. The fourth-order valence-corrected chi connectivity index (χ4v) is 3.48. The third-order valence-corrected chi connectivity index (χ3v) is 4.91. The molecule has 25 heavy (non-hydrogen) atoms. The summed E-state index contributed by atoms with van der Waals surface area (Å²) in [5.41, 5.74) is 3.83. The molecular formula is C20H18N4O. The Bertz CT molecular complexity index is 913. The second-order valence-electron chi connectivity index (χ2n) is 6.60. The first-order chi connectivity index (χ1) is 12.3. The quantitative estimate of drug-likeness (QED) is 0.798. The Morgan fingerprint density at radius 2 is 1.84 bits per heavy atom. The van der Waals surface area contributed by atoms with E-state index in [-0.39, 0.29) is 12.1 Å². The van der Waals surface area contributed by atoms with Crippen LogP contribution in [0, 0.1) is 0 Å². The van der Waals surface area contributed by atoms with E-state index in [9.17, 15) is 4.79 Å². The maximum Gasteiger partial charge on any atom is 0.258 e. The van der Waals surface area contributed by atoms with Crippen molar-refractivity contribution in [3.63, 3.8) is 0 Å². The van der Waals surface area contributed by atoms with E-state index in [1.54, 1.807) is 12.5 Å². The first-order valence-corrected chi connectivity index (χ1v) is 8.58. The Balaban J connectivity index is 1.52. The van der Waals surface area contributed by atoms with Gasteiger partial charge in [0.25, 0.3) is 5.91 Å². The van der Waals surface area contributed by atoms with Gasteiger partial charge in [-0.1, -0.05) is 24.3 Å². The number of amides is 1. The molecule has 1 N–H and O–H groups in total. The van der Waals surface area contributed by atoms with Crippen LogP contribution in [0.15, 0.2) is 67.3 Å². The number of anilines is 1. The van der Waals surface area contributed by atoms with E-state index in [1.165, 1.54) is 0 Å². The lowest BCUT2D eigenvalue weighted by molar-refractivity contribution is 0.0666. The molecule has 2 aromatic carbocycles. The molecule has 0 bridgehead atoms. The molecule has 2 aliphatic rings. The van der Waals surface area contributed by atoms with Gasteiger partial charge in [0.15, 0.2) is 0 Å². The maximum absolute atomic E-state index is 13.0. The summed E-state index contributed by atoms with van der Waals surface area (Å²) in [5.74, 6) is 0.125. The molecule has 1 fully saturated rings. The zero-order chi connectivity index (χ0) is 16.8. The third kappa shape index (κ3) is 2.39. The summed E-state index contributed by atoms with van der Waals surface area (Å²) >= 11 is 0. The van der Waals surface area contributed by atoms with Gasteiger partial charge in [-0.05, 0) is 42.7 Å². The van der Waals surface area contributed by atoms with E-state index >= 15 is 0 Å². The van der Waals surface area contributed by atoms with Gasteiger partial charge in [-0.3, -0.25) is 4.79 Å². The molecule has 1 amide bonds. The van der Waals surface area contributed by atoms with Crippen LogP contribution >= 0.6 is 0 Å². The zero-order valence-electron chi connectivity index (χ0n) is 13.7. The van der Waals surface area contributed by atoms with Gasteiger partial charge in [-0.25, -0.2) is 4.98 Å². The topological polar surface area (TPSA) is 50.2 Å². The summed E-state index contributed by atoms with van der Waals surface area (Å²) in [5, 5.41) is 3.56. The van der Waals surface area contributed by atoms with Gasteiger partial charge in [0.1, 0.15) is 6.17 Å². The zero-order valence-corrected chi connectivity index (χ0v) is 13.7. The molecule has 5 rings (SSSR count). The Morgan fingerprint density at radius 1 is 1.04 bits per heavy atom. The predicted molar refractivity (Wildman–Crippen MR) is 95.6 cm³/mol. The predicted octanol–water partition coefficient (Wildman–Crippen LogP) is 3.60. The Kier molecular flexibility index (Phi) is 3.13. The van der Waals surface area contributed by atoms with Crippen LogP contribution in [-0.2, 0) is 0 Å². The van der Waals surface area contributed by atoms with Crippen molar-refractivity contribution in [1.29, 1.82) is 0 Å². The molecule has 1 aliphatic carbocycles. The molecule has 2 heterocycles. The van der Waals surface area contributed by atoms with E-state index in [4.69, 9.17) is 0 Å². The van der Waals surface area contributed by atoms with Crippen molar-refractivity contribution in [2.24, 2.45) is 0 Å². The molecule has 0 unspecified atom stereocenters. The van der Waals surface area contributed by atoms with Gasteiger partial charge in [0.05, 0.1) is 11.9 Å². The summed E-state index contributed by atoms with van der Waals surface area (Å²) in [6.07, 6.45) is 7.51. The van der Waals surface area contributed by atoms with Crippen molar-refractivity contribution in [2.45, 2.75) is 25.0 Å². The van der Waals surface area contributed by atoms with Crippen molar-refractivity contribution in [2.75, 3.05) is 5.32 Å². The SMILES string of the molecule is O=C1c2ccccc2N[C@@H](c2ccc(-n3ccnc3)cc2)N1C1CC1. The molecule has 0 radical (unpaired) electrons. The first kappa shape index (κ1) is 14.3. The molecule has 124 valence electrons. The van der Waals surface area contributed by atoms with Crippen LogP contribution in [0.25, 0.3) is 5.69 Å². The molecule has 3 aromatic rings. The average molecular weight is 330 g/mol. The Hall–Kier alpha value is -3.08. The summed E-state index contributed by atoms with van der Waals surface area (Å²) in [6.45, 7) is 0. The highest BCUT2D eigenvalue weighted by molar-refractivity contribution is 6.02. The van der Waals surface area contributed by atoms with Crippen LogP contribution in [0.1, 0.15) is 34.9 Å². The van der Waals surface area contributed by atoms with Crippen LogP contribution < -0.4 is 5.32 Å². The number of para-hydroxylation sites is 1. The fraction of sp³-hybridized carbons (Fsp3) is 0.200. The number of nitrogens with one attached hydrogen (secondary N) is 1. The van der Waals surface area contributed by atoms with Gasteiger partial charge in [0.2, 0.25) is 0 Å². The molecule has 1 atom stereocenters. The first-order valence-electron chi connectivity index (χ1n) is 8.58. The third-order valence-electron chi connectivity index (χ3n) is 4.91. The van der Waals surface area contributed by atoms with Crippen molar-refractivity contribution >= 4 is 11.6 Å². The number of imidazole rings is 1. The number of aromatic nitrogens is 2. The van der Waals surface area contributed by atoms with Gasteiger partial charge < -0.3 is 14.8 Å². The number of hydrogen-bond acceptors (Lipinski definition) is 3. The highest BCUT2D eigenvalue weighted by Crippen LogP contribution is 2.40. The number of carbonyl (C=O) groups is 1. The Labute approximate surface area is 145 Å². The minimum Gasteiger partial charge on any atom is -0.361 e. The lowest BCUT2D eigenvalue weighted by Crippen LogP contribution is -2.44. The maximum atomic E-state index is 13.0. The van der Waals surface area contributed by atoms with E-state index in [2.05, 4.69) is 34.6 Å². The van der Waals surface area contributed by atoms with E-state index in [0.29, 0.717) is 6.04 Å². The van der Waals surface area contributed by atoms with Crippen molar-refractivity contribution in [1.82, 2.24) is 14.5 Å². The second kappa shape index (κ2) is 5.48. The second-order valence-corrected chi connectivity index (χ2v) is 6.60. The van der Waals surface area contributed by atoms with Crippen LogP contribution in [0.3, 0.4) is 0 Å². The summed E-state index contributed by atoms with van der Waals surface area (Å²) in [6, 6.07) is 16.4. The summed E-state index contributed by atoms with van der Waals surface area (Å²) in [4.78, 5) is 19.1. The standard InChI is InChI=1S/C20H18N4O/c25-20-17-3-1-2-4-18(17)22-19(24(20)16-9-10-16)14-5-7-15(8-6-14)23-12-11-21-13-23/h1-8,11-13,16,19,22H,9-10H2/t19-/m1/s1. The number of fused-ring (bicyclic) bond motifs is 1. The van der Waals surface area contributed by atoms with Crippen LogP contribution in [0.2, 0.25) is 0 Å². The number of benzene rings is 2. The number of hydrogen-bond donors (Lipinski definition) is 1. The van der Waals surface area contributed by atoms with Gasteiger partial charge in [-0.2, -0.15) is 0 Å². The average Bonchev–Trinajstić information content (AvgIpc) is 3.34. The molecule has 5 nitrogen and oxygen atoms in total. The Morgan fingerprint density at radius 3 is 2.56 bits per heavy atom. The lowest BCUT2D eigenvalue weighted by Gasteiger charge is -2.38. The minimum atomic E-state index is -0.119. The largest absolute Gasteiger partial charge is 0.361 e. The van der Waals surface area contributed by atoms with E-state index < -0.39 is 0 Å². The molecule has 1 aliphatic heterocycles. The van der Waals surface area contributed by atoms with Crippen LogP contribution in [0.4, 0.5) is 5.69 Å². The molecular weight excluding hydrogens is 312 g/mol. The molecule has 0 saturated heterocycles. The molecule has 0 spiro atoms. The highest BCUT2D eigenvalue weighted by atomic mass is 16.2. The molecule has 5 heteroatoms. The van der Waals surface area contributed by atoms with E-state index in [0.717, 1.165) is 35.3 Å². The van der Waals surface area contributed by atoms with Gasteiger partial charge in [0, 0.05) is 29.8 Å². The van der Waals surface area contributed by atoms with Crippen LogP contribution in [-0.4, -0.2) is 26.4 Å². The number of rotatable bonds is 3. The monoisotopic (exact) mass is 330 g/mol. The van der Waals surface area contributed by atoms with E-state index in [1.807, 2.05) is 39.9 Å². The summed E-state index contributed by atoms with van der Waals surface area (Å²) < 4.78 is 1.97. The highest BCUT2D eigenvalue weighted by Gasteiger charge is 2.41. The fourth-order valence-electron chi connectivity index (χ4n) is 3.48. The van der Waals surface area contributed by atoms with Crippen LogP contribution in [0.5, 0.6) is 0 Å². The van der Waals surface area contributed by atoms with Crippen molar-refractivity contribution < 1.29 is 4.79 Å². The van der Waals surface area contributed by atoms with Gasteiger partial charge in [-0.15, -0.1) is 0 Å². The molecule has 1 aromatic heterocycles. The van der Waals surface area contributed by atoms with Gasteiger partial charge >= 0.3 is 0 Å². The lowest BCUT2D eigenvalue weighted by atomic mass is 10.0. The summed E-state index contributed by atoms with van der Waals surface area (Å²) in [7, 11) is 0. The van der Waals surface area contributed by atoms with Crippen molar-refractivity contribution in [3.05, 3.63) is 78.4 Å². The number of carbonyl (C=O) groups excluding carboxylic acids is 1. The smallest absolute Gasteiger partial charge is 0.258 e.